The first-order chi connectivity index (χ1) is 7.59. The fourth-order valence-electron chi connectivity index (χ4n) is 1.26. The molecule has 1 aromatic rings. The van der Waals surface area contributed by atoms with Gasteiger partial charge in [0.15, 0.2) is 0 Å². The van der Waals surface area contributed by atoms with Crippen molar-refractivity contribution in [2.75, 3.05) is 0 Å². The summed E-state index contributed by atoms with van der Waals surface area (Å²) in [4.78, 5) is 10.3. The minimum Gasteiger partial charge on any atom is -0.481 e. The molecule has 0 saturated carbocycles. The van der Waals surface area contributed by atoms with Crippen LogP contribution >= 0.6 is 0 Å². The van der Waals surface area contributed by atoms with Gasteiger partial charge in [-0.25, -0.2) is 4.39 Å². The van der Waals surface area contributed by atoms with Crippen LogP contribution in [0.4, 0.5) is 4.39 Å². The van der Waals surface area contributed by atoms with Crippen molar-refractivity contribution < 1.29 is 19.0 Å². The average Bonchev–Trinajstić information content (AvgIpc) is 2.25. The molecule has 1 N–H and O–H groups in total. The molecular weight excluding hydrogens is 211 g/mol. The van der Waals surface area contributed by atoms with Gasteiger partial charge in [-0.1, -0.05) is 18.2 Å². The Bertz CT molecular complexity index is 352. The predicted octanol–water partition coefficient (Wildman–Crippen LogP) is 2.60. The number of ether oxygens (including phenoxy) is 1. The monoisotopic (exact) mass is 226 g/mol. The van der Waals surface area contributed by atoms with Crippen molar-refractivity contribution in [1.29, 1.82) is 0 Å². The smallest absolute Gasteiger partial charge is 0.303 e. The van der Waals surface area contributed by atoms with E-state index in [2.05, 4.69) is 0 Å². The van der Waals surface area contributed by atoms with Gasteiger partial charge in [-0.15, -0.1) is 0 Å². The van der Waals surface area contributed by atoms with Gasteiger partial charge in [-0.2, -0.15) is 0 Å². The molecule has 1 aromatic carbocycles. The molecular formula is C12H15FO3. The zero-order valence-corrected chi connectivity index (χ0v) is 9.15. The van der Waals surface area contributed by atoms with Crippen LogP contribution in [0.15, 0.2) is 24.3 Å². The summed E-state index contributed by atoms with van der Waals surface area (Å²) in [5.74, 6) is -1.14. The van der Waals surface area contributed by atoms with Gasteiger partial charge in [0, 0.05) is 12.0 Å². The van der Waals surface area contributed by atoms with E-state index < -0.39 is 5.97 Å². The second kappa shape index (κ2) is 6.23. The Morgan fingerprint density at radius 2 is 2.19 bits per heavy atom. The maximum Gasteiger partial charge on any atom is 0.303 e. The first kappa shape index (κ1) is 12.6. The molecule has 1 unspecified atom stereocenters. The molecule has 0 spiro atoms. The molecule has 0 bridgehead atoms. The van der Waals surface area contributed by atoms with Crippen LogP contribution in [0.3, 0.4) is 0 Å². The molecule has 0 aliphatic heterocycles. The highest BCUT2D eigenvalue weighted by Gasteiger charge is 2.07. The fourth-order valence-corrected chi connectivity index (χ4v) is 1.26. The lowest BCUT2D eigenvalue weighted by Gasteiger charge is -2.12. The van der Waals surface area contributed by atoms with E-state index in [9.17, 15) is 9.18 Å². The Morgan fingerprint density at radius 1 is 1.50 bits per heavy atom. The van der Waals surface area contributed by atoms with Gasteiger partial charge in [-0.3, -0.25) is 4.79 Å². The molecule has 0 heterocycles. The van der Waals surface area contributed by atoms with E-state index in [4.69, 9.17) is 9.84 Å². The third-order valence-corrected chi connectivity index (χ3v) is 2.25. The lowest BCUT2D eigenvalue weighted by Crippen LogP contribution is -2.11. The molecule has 16 heavy (non-hydrogen) atoms. The number of aliphatic carboxylic acids is 1. The molecule has 4 heteroatoms. The molecule has 0 fully saturated rings. The van der Waals surface area contributed by atoms with Gasteiger partial charge in [0.25, 0.3) is 0 Å². The molecule has 1 rings (SSSR count). The second-order valence-corrected chi connectivity index (χ2v) is 3.65. The van der Waals surface area contributed by atoms with Crippen LogP contribution < -0.4 is 0 Å². The van der Waals surface area contributed by atoms with Crippen molar-refractivity contribution in [1.82, 2.24) is 0 Å². The number of benzene rings is 1. The summed E-state index contributed by atoms with van der Waals surface area (Å²) in [6.45, 7) is 1.96. The van der Waals surface area contributed by atoms with Crippen molar-refractivity contribution in [2.24, 2.45) is 0 Å². The first-order valence-electron chi connectivity index (χ1n) is 5.16. The number of carboxylic acids is 1. The van der Waals surface area contributed by atoms with E-state index in [-0.39, 0.29) is 24.9 Å². The Hall–Kier alpha value is -1.42. The Kier molecular flexibility index (Phi) is 4.92. The van der Waals surface area contributed by atoms with Gasteiger partial charge >= 0.3 is 5.97 Å². The van der Waals surface area contributed by atoms with Crippen molar-refractivity contribution in [3.63, 3.8) is 0 Å². The summed E-state index contributed by atoms with van der Waals surface area (Å²) in [5, 5.41) is 8.48. The maximum absolute atomic E-state index is 13.2. The quantitative estimate of drug-likeness (QED) is 0.811. The van der Waals surface area contributed by atoms with Gasteiger partial charge in [0.2, 0.25) is 0 Å². The highest BCUT2D eigenvalue weighted by molar-refractivity contribution is 5.66. The summed E-state index contributed by atoms with van der Waals surface area (Å²) < 4.78 is 18.5. The van der Waals surface area contributed by atoms with Crippen LogP contribution in [-0.4, -0.2) is 17.2 Å². The Morgan fingerprint density at radius 3 is 2.81 bits per heavy atom. The Balaban J connectivity index is 2.34. The van der Waals surface area contributed by atoms with Crippen molar-refractivity contribution in [3.8, 4) is 0 Å². The van der Waals surface area contributed by atoms with Gasteiger partial charge in [0.05, 0.1) is 12.7 Å². The van der Waals surface area contributed by atoms with E-state index >= 15 is 0 Å². The number of hydrogen-bond acceptors (Lipinski definition) is 2. The molecule has 88 valence electrons. The van der Waals surface area contributed by atoms with Crippen LogP contribution in [0.2, 0.25) is 0 Å². The van der Waals surface area contributed by atoms with Crippen LogP contribution in [0.5, 0.6) is 0 Å². The summed E-state index contributed by atoms with van der Waals surface area (Å²) in [6.07, 6.45) is 0.318. The number of carboxylic acid groups (broad SMARTS) is 1. The van der Waals surface area contributed by atoms with Crippen LogP contribution in [-0.2, 0) is 16.1 Å². The second-order valence-electron chi connectivity index (χ2n) is 3.65. The molecule has 0 radical (unpaired) electrons. The van der Waals surface area contributed by atoms with Gasteiger partial charge in [-0.05, 0) is 19.4 Å². The van der Waals surface area contributed by atoms with E-state index in [1.165, 1.54) is 6.07 Å². The summed E-state index contributed by atoms with van der Waals surface area (Å²) in [6, 6.07) is 6.39. The minimum atomic E-state index is -0.846. The summed E-state index contributed by atoms with van der Waals surface area (Å²) in [7, 11) is 0. The number of carbonyl (C=O) groups is 1. The third-order valence-electron chi connectivity index (χ3n) is 2.25. The largest absolute Gasteiger partial charge is 0.481 e. The molecule has 0 aliphatic rings. The minimum absolute atomic E-state index is 0.0679. The SMILES string of the molecule is CC(CCC(=O)O)OCc1ccccc1F. The van der Waals surface area contributed by atoms with Crippen molar-refractivity contribution in [3.05, 3.63) is 35.6 Å². The topological polar surface area (TPSA) is 46.5 Å². The maximum atomic E-state index is 13.2. The lowest BCUT2D eigenvalue weighted by atomic mass is 10.2. The molecule has 1 atom stereocenters. The Labute approximate surface area is 93.9 Å². The lowest BCUT2D eigenvalue weighted by molar-refractivity contribution is -0.137. The van der Waals surface area contributed by atoms with Crippen LogP contribution in [0, 0.1) is 5.82 Å². The standard InChI is InChI=1S/C12H15FO3/c1-9(6-7-12(14)15)16-8-10-4-2-3-5-11(10)13/h2-5,9H,6-8H2,1H3,(H,14,15). The van der Waals surface area contributed by atoms with Crippen molar-refractivity contribution >= 4 is 5.97 Å². The van der Waals surface area contributed by atoms with E-state index in [0.717, 1.165) is 0 Å². The molecule has 3 nitrogen and oxygen atoms in total. The zero-order valence-electron chi connectivity index (χ0n) is 9.15. The first-order valence-corrected chi connectivity index (χ1v) is 5.16. The highest BCUT2D eigenvalue weighted by Crippen LogP contribution is 2.10. The predicted molar refractivity (Wildman–Crippen MR) is 57.5 cm³/mol. The number of halogens is 1. The van der Waals surface area contributed by atoms with E-state index in [0.29, 0.717) is 12.0 Å². The zero-order chi connectivity index (χ0) is 12.0. The van der Waals surface area contributed by atoms with Crippen LogP contribution in [0.25, 0.3) is 0 Å². The van der Waals surface area contributed by atoms with Crippen molar-refractivity contribution in [2.45, 2.75) is 32.5 Å². The molecule has 0 saturated heterocycles. The fraction of sp³-hybridized carbons (Fsp3) is 0.417. The normalized spacial score (nSPS) is 12.4. The molecule has 0 aliphatic carbocycles. The highest BCUT2D eigenvalue weighted by atomic mass is 19.1. The average molecular weight is 226 g/mol. The van der Waals surface area contributed by atoms with E-state index in [1.54, 1.807) is 25.1 Å². The number of hydrogen-bond donors (Lipinski definition) is 1. The summed E-state index contributed by atoms with van der Waals surface area (Å²) in [5.41, 5.74) is 0.490. The van der Waals surface area contributed by atoms with E-state index in [1.807, 2.05) is 0 Å². The van der Waals surface area contributed by atoms with Gasteiger partial charge in [0.1, 0.15) is 5.82 Å². The van der Waals surface area contributed by atoms with Gasteiger partial charge < -0.3 is 9.84 Å². The summed E-state index contributed by atoms with van der Waals surface area (Å²) >= 11 is 0. The molecule has 0 amide bonds. The third kappa shape index (κ3) is 4.40. The van der Waals surface area contributed by atoms with Crippen LogP contribution in [0.1, 0.15) is 25.3 Å². The molecule has 0 aromatic heterocycles. The number of rotatable bonds is 6.